The van der Waals surface area contributed by atoms with Crippen molar-refractivity contribution < 1.29 is 4.74 Å². The molecule has 0 bridgehead atoms. The third-order valence-corrected chi connectivity index (χ3v) is 2.38. The van der Waals surface area contributed by atoms with Crippen LogP contribution in [0.2, 0.25) is 5.02 Å². The molecule has 70 valence electrons. The molecule has 0 N–H and O–H groups in total. The van der Waals surface area contributed by atoms with Crippen LogP contribution in [0.1, 0.15) is 25.5 Å². The molecule has 1 saturated carbocycles. The molecule has 1 aliphatic rings. The summed E-state index contributed by atoms with van der Waals surface area (Å²) < 4.78 is 5.56. The first-order valence-electron chi connectivity index (χ1n) is 4.60. The predicted octanol–water partition coefficient (Wildman–Crippen LogP) is 2.84. The summed E-state index contributed by atoms with van der Waals surface area (Å²) in [6.07, 6.45) is 5.34. The molecule has 2 nitrogen and oxygen atoms in total. The Labute approximate surface area is 82.9 Å². The summed E-state index contributed by atoms with van der Waals surface area (Å²) >= 11 is 5.99. The molecule has 1 fully saturated rings. The maximum atomic E-state index is 5.99. The molecule has 1 heterocycles. The lowest BCUT2D eigenvalue weighted by Crippen LogP contribution is -1.97. The molecule has 0 saturated heterocycles. The summed E-state index contributed by atoms with van der Waals surface area (Å²) in [5, 5.41) is 0.709. The molecule has 0 atom stereocenters. The normalized spacial score (nSPS) is 15.8. The lowest BCUT2D eigenvalue weighted by Gasteiger charge is -2.05. The first kappa shape index (κ1) is 8.82. The highest BCUT2D eigenvalue weighted by Crippen LogP contribution is 2.28. The minimum atomic E-state index is 0.408. The highest BCUT2D eigenvalue weighted by atomic mass is 35.5. The van der Waals surface area contributed by atoms with Gasteiger partial charge < -0.3 is 4.74 Å². The zero-order chi connectivity index (χ0) is 9.26. The van der Waals surface area contributed by atoms with Crippen LogP contribution >= 0.6 is 11.6 Å². The second kappa shape index (κ2) is 3.54. The van der Waals surface area contributed by atoms with Gasteiger partial charge in [0.2, 0.25) is 0 Å². The zero-order valence-electron chi connectivity index (χ0n) is 7.59. The number of pyridine rings is 1. The minimum absolute atomic E-state index is 0.408. The summed E-state index contributed by atoms with van der Waals surface area (Å²) in [4.78, 5) is 4.22. The topological polar surface area (TPSA) is 22.1 Å². The van der Waals surface area contributed by atoms with Gasteiger partial charge in [0.1, 0.15) is 5.75 Å². The van der Waals surface area contributed by atoms with E-state index < -0.39 is 0 Å². The second-order valence-corrected chi connectivity index (χ2v) is 3.68. The fourth-order valence-electron chi connectivity index (χ4n) is 1.15. The van der Waals surface area contributed by atoms with Crippen molar-refractivity contribution in [3.63, 3.8) is 0 Å². The standard InChI is InChI=1S/C10H12ClNO/c1-2-10-9(11)5-8(6-12-10)13-7-3-4-7/h5-7H,2-4H2,1H3. The fourth-order valence-corrected chi connectivity index (χ4v) is 1.44. The monoisotopic (exact) mass is 197 g/mol. The van der Waals surface area contributed by atoms with E-state index in [4.69, 9.17) is 16.3 Å². The van der Waals surface area contributed by atoms with Crippen molar-refractivity contribution in [2.24, 2.45) is 0 Å². The van der Waals surface area contributed by atoms with E-state index in [9.17, 15) is 0 Å². The molecule has 0 unspecified atom stereocenters. The third-order valence-electron chi connectivity index (χ3n) is 2.05. The molecule has 0 aromatic carbocycles. The Balaban J connectivity index is 2.13. The predicted molar refractivity (Wildman–Crippen MR) is 52.3 cm³/mol. The van der Waals surface area contributed by atoms with E-state index in [1.165, 1.54) is 0 Å². The van der Waals surface area contributed by atoms with Crippen molar-refractivity contribution in [2.75, 3.05) is 0 Å². The van der Waals surface area contributed by atoms with Gasteiger partial charge in [-0.2, -0.15) is 0 Å². The Hall–Kier alpha value is -0.760. The van der Waals surface area contributed by atoms with Gasteiger partial charge in [-0.3, -0.25) is 4.98 Å². The molecule has 13 heavy (non-hydrogen) atoms. The highest BCUT2D eigenvalue weighted by Gasteiger charge is 2.23. The van der Waals surface area contributed by atoms with Gasteiger partial charge in [0.25, 0.3) is 0 Å². The molecular formula is C10H12ClNO. The number of nitrogens with zero attached hydrogens (tertiary/aromatic N) is 1. The number of ether oxygens (including phenoxy) is 1. The smallest absolute Gasteiger partial charge is 0.139 e. The van der Waals surface area contributed by atoms with Gasteiger partial charge in [-0.1, -0.05) is 18.5 Å². The quantitative estimate of drug-likeness (QED) is 0.744. The van der Waals surface area contributed by atoms with Crippen LogP contribution in [0.15, 0.2) is 12.3 Å². The van der Waals surface area contributed by atoms with Crippen LogP contribution in [0.5, 0.6) is 5.75 Å². The van der Waals surface area contributed by atoms with Crippen LogP contribution in [0.3, 0.4) is 0 Å². The molecule has 0 aliphatic heterocycles. The Morgan fingerprint density at radius 3 is 2.92 bits per heavy atom. The molecule has 2 rings (SSSR count). The van der Waals surface area contributed by atoms with Crippen LogP contribution in [0.4, 0.5) is 0 Å². The van der Waals surface area contributed by atoms with Crippen molar-refractivity contribution in [2.45, 2.75) is 32.3 Å². The van der Waals surface area contributed by atoms with Crippen LogP contribution in [-0.4, -0.2) is 11.1 Å². The van der Waals surface area contributed by atoms with Crippen molar-refractivity contribution in [1.82, 2.24) is 4.98 Å². The number of halogens is 1. The van der Waals surface area contributed by atoms with Crippen LogP contribution in [-0.2, 0) is 6.42 Å². The van der Waals surface area contributed by atoms with Gasteiger partial charge in [-0.25, -0.2) is 0 Å². The number of aryl methyl sites for hydroxylation is 1. The van der Waals surface area contributed by atoms with Gasteiger partial charge in [0, 0.05) is 6.07 Å². The Bertz CT molecular complexity index is 310. The summed E-state index contributed by atoms with van der Waals surface area (Å²) in [6, 6.07) is 1.85. The average Bonchev–Trinajstić information content (AvgIpc) is 2.89. The van der Waals surface area contributed by atoms with Gasteiger partial charge in [-0.15, -0.1) is 0 Å². The molecular weight excluding hydrogens is 186 g/mol. The van der Waals surface area contributed by atoms with Gasteiger partial charge >= 0.3 is 0 Å². The van der Waals surface area contributed by atoms with Crippen molar-refractivity contribution in [1.29, 1.82) is 0 Å². The largest absolute Gasteiger partial charge is 0.489 e. The number of rotatable bonds is 3. The molecule has 3 heteroatoms. The van der Waals surface area contributed by atoms with E-state index in [0.29, 0.717) is 11.1 Å². The molecule has 1 aromatic heterocycles. The lowest BCUT2D eigenvalue weighted by atomic mass is 10.3. The van der Waals surface area contributed by atoms with Crippen LogP contribution in [0.25, 0.3) is 0 Å². The van der Waals surface area contributed by atoms with Gasteiger partial charge in [0.15, 0.2) is 0 Å². The minimum Gasteiger partial charge on any atom is -0.489 e. The first-order valence-corrected chi connectivity index (χ1v) is 4.98. The van der Waals surface area contributed by atoms with Crippen molar-refractivity contribution in [3.05, 3.63) is 23.0 Å². The number of hydrogen-bond acceptors (Lipinski definition) is 2. The second-order valence-electron chi connectivity index (χ2n) is 3.27. The molecule has 1 aromatic rings. The highest BCUT2D eigenvalue weighted by molar-refractivity contribution is 6.31. The summed E-state index contributed by atoms with van der Waals surface area (Å²) in [6.45, 7) is 2.04. The van der Waals surface area contributed by atoms with Gasteiger partial charge in [0.05, 0.1) is 23.0 Å². The molecule has 0 radical (unpaired) electrons. The Kier molecular flexibility index (Phi) is 2.40. The van der Waals surface area contributed by atoms with Crippen molar-refractivity contribution >= 4 is 11.6 Å². The molecule has 0 amide bonds. The van der Waals surface area contributed by atoms with E-state index in [-0.39, 0.29) is 0 Å². The lowest BCUT2D eigenvalue weighted by molar-refractivity contribution is 0.302. The fraction of sp³-hybridized carbons (Fsp3) is 0.500. The first-order chi connectivity index (χ1) is 6.29. The summed E-state index contributed by atoms with van der Waals surface area (Å²) in [5.41, 5.74) is 0.935. The molecule has 1 aliphatic carbocycles. The SMILES string of the molecule is CCc1ncc(OC2CC2)cc1Cl. The summed E-state index contributed by atoms with van der Waals surface area (Å²) in [5.74, 6) is 0.796. The van der Waals surface area contributed by atoms with Crippen LogP contribution in [0, 0.1) is 0 Å². The van der Waals surface area contributed by atoms with Gasteiger partial charge in [-0.05, 0) is 19.3 Å². The van der Waals surface area contributed by atoms with E-state index in [2.05, 4.69) is 4.98 Å². The zero-order valence-corrected chi connectivity index (χ0v) is 8.34. The summed E-state index contributed by atoms with van der Waals surface area (Å²) in [7, 11) is 0. The van der Waals surface area contributed by atoms with E-state index in [1.54, 1.807) is 6.20 Å². The third kappa shape index (κ3) is 2.13. The van der Waals surface area contributed by atoms with E-state index in [1.807, 2.05) is 13.0 Å². The van der Waals surface area contributed by atoms with E-state index >= 15 is 0 Å². The maximum absolute atomic E-state index is 5.99. The van der Waals surface area contributed by atoms with Crippen molar-refractivity contribution in [3.8, 4) is 5.75 Å². The molecule has 0 spiro atoms. The Morgan fingerprint density at radius 1 is 1.62 bits per heavy atom. The van der Waals surface area contributed by atoms with Crippen LogP contribution < -0.4 is 4.74 Å². The Morgan fingerprint density at radius 2 is 2.38 bits per heavy atom. The average molecular weight is 198 g/mol. The van der Waals surface area contributed by atoms with E-state index in [0.717, 1.165) is 30.7 Å². The number of hydrogen-bond donors (Lipinski definition) is 0. The maximum Gasteiger partial charge on any atom is 0.139 e. The number of aromatic nitrogens is 1.